The van der Waals surface area contributed by atoms with Gasteiger partial charge in [-0.2, -0.15) is 5.26 Å². The van der Waals surface area contributed by atoms with Crippen molar-refractivity contribution in [2.75, 3.05) is 0 Å². The van der Waals surface area contributed by atoms with Gasteiger partial charge in [0.1, 0.15) is 0 Å². The predicted octanol–water partition coefficient (Wildman–Crippen LogP) is 5.83. The molecular weight excluding hydrogens is 264 g/mol. The minimum Gasteiger partial charge on any atom is -0.300 e. The summed E-state index contributed by atoms with van der Waals surface area (Å²) in [5, 5.41) is 9.02. The second-order valence-corrected chi connectivity index (χ2v) is 8.30. The fourth-order valence-corrected chi connectivity index (χ4v) is 3.84. The minimum absolute atomic E-state index is 0.269. The van der Waals surface area contributed by atoms with Crippen LogP contribution in [0.1, 0.15) is 93.4 Å². The molecule has 0 aliphatic rings. The zero-order valence-corrected chi connectivity index (χ0v) is 15.2. The molecule has 0 saturated carbocycles. The maximum atomic E-state index is 12.4. The Kier molecular flexibility index (Phi) is 7.94. The van der Waals surface area contributed by atoms with Crippen molar-refractivity contribution in [1.82, 2.24) is 0 Å². The van der Waals surface area contributed by atoms with Crippen molar-refractivity contribution < 1.29 is 14.9 Å². The van der Waals surface area contributed by atoms with E-state index in [-0.39, 0.29) is 10.8 Å². The van der Waals surface area contributed by atoms with E-state index >= 15 is 0 Å². The summed E-state index contributed by atoms with van der Waals surface area (Å²) in [6, 6.07) is 0. The molecule has 0 aliphatic heterocycles. The van der Waals surface area contributed by atoms with Crippen molar-refractivity contribution in [3.05, 3.63) is 0 Å². The van der Waals surface area contributed by atoms with Crippen LogP contribution in [0.15, 0.2) is 0 Å². The van der Waals surface area contributed by atoms with Crippen molar-refractivity contribution >= 4 is 5.97 Å². The SMILES string of the molecule is CCCCCCCCC(C(=O)OO)(C(C)(C)C)C(C)(C)C. The van der Waals surface area contributed by atoms with E-state index in [9.17, 15) is 4.79 Å². The molecule has 0 amide bonds. The monoisotopic (exact) mass is 300 g/mol. The molecule has 0 spiro atoms. The van der Waals surface area contributed by atoms with Crippen LogP contribution in [0.2, 0.25) is 0 Å². The first-order chi connectivity index (χ1) is 9.54. The number of carbonyl (C=O) groups excluding carboxylic acids is 1. The molecule has 0 saturated heterocycles. The zero-order valence-electron chi connectivity index (χ0n) is 15.2. The Morgan fingerprint density at radius 2 is 1.29 bits per heavy atom. The quantitative estimate of drug-likeness (QED) is 0.348. The third-order valence-electron chi connectivity index (χ3n) is 4.90. The van der Waals surface area contributed by atoms with E-state index in [1.807, 2.05) is 0 Å². The van der Waals surface area contributed by atoms with Gasteiger partial charge in [0, 0.05) is 0 Å². The molecular formula is C18H36O3. The minimum atomic E-state index is -0.681. The van der Waals surface area contributed by atoms with Crippen molar-refractivity contribution in [2.45, 2.75) is 93.4 Å². The van der Waals surface area contributed by atoms with Crippen LogP contribution in [0.3, 0.4) is 0 Å². The lowest BCUT2D eigenvalue weighted by Gasteiger charge is -2.50. The van der Waals surface area contributed by atoms with E-state index in [1.165, 1.54) is 25.7 Å². The highest BCUT2D eigenvalue weighted by Gasteiger charge is 2.57. The lowest BCUT2D eigenvalue weighted by Crippen LogP contribution is -2.52. The van der Waals surface area contributed by atoms with Crippen LogP contribution in [-0.2, 0) is 9.68 Å². The molecule has 0 fully saturated rings. The van der Waals surface area contributed by atoms with Crippen LogP contribution in [0, 0.1) is 16.2 Å². The molecule has 1 N–H and O–H groups in total. The van der Waals surface area contributed by atoms with Crippen LogP contribution >= 0.6 is 0 Å². The molecule has 0 aromatic carbocycles. The maximum Gasteiger partial charge on any atom is 0.349 e. The summed E-state index contributed by atoms with van der Waals surface area (Å²) < 4.78 is 0. The van der Waals surface area contributed by atoms with E-state index in [0.29, 0.717) is 0 Å². The number of unbranched alkanes of at least 4 members (excludes halogenated alkanes) is 5. The van der Waals surface area contributed by atoms with Gasteiger partial charge in [-0.3, -0.25) is 0 Å². The fourth-order valence-electron chi connectivity index (χ4n) is 3.84. The van der Waals surface area contributed by atoms with Gasteiger partial charge in [-0.15, -0.1) is 0 Å². The Morgan fingerprint density at radius 1 is 0.857 bits per heavy atom. The van der Waals surface area contributed by atoms with Crippen molar-refractivity contribution in [1.29, 1.82) is 0 Å². The van der Waals surface area contributed by atoms with E-state index in [4.69, 9.17) is 5.26 Å². The number of rotatable bonds is 8. The van der Waals surface area contributed by atoms with Gasteiger partial charge >= 0.3 is 5.97 Å². The molecule has 3 heteroatoms. The van der Waals surface area contributed by atoms with E-state index in [2.05, 4.69) is 53.4 Å². The van der Waals surface area contributed by atoms with Crippen LogP contribution in [0.25, 0.3) is 0 Å². The van der Waals surface area contributed by atoms with Crippen LogP contribution < -0.4 is 0 Å². The molecule has 3 nitrogen and oxygen atoms in total. The van der Waals surface area contributed by atoms with E-state index in [1.54, 1.807) is 0 Å². The Morgan fingerprint density at radius 3 is 1.67 bits per heavy atom. The van der Waals surface area contributed by atoms with E-state index < -0.39 is 11.4 Å². The number of hydrogen-bond donors (Lipinski definition) is 1. The van der Waals surface area contributed by atoms with Gasteiger partial charge in [0.15, 0.2) is 0 Å². The molecule has 0 aliphatic carbocycles. The maximum absolute atomic E-state index is 12.4. The smallest absolute Gasteiger partial charge is 0.300 e. The highest BCUT2D eigenvalue weighted by atomic mass is 17.1. The second-order valence-electron chi connectivity index (χ2n) is 8.30. The average Bonchev–Trinajstić information content (AvgIpc) is 2.34. The lowest BCUT2D eigenvalue weighted by atomic mass is 9.52. The molecule has 0 bridgehead atoms. The standard InChI is InChI=1S/C18H36O3/c1-8-9-10-11-12-13-14-18(15(19)21-20,16(2,3)4)17(5,6)7/h20H,8-14H2,1-7H3. The molecule has 0 atom stereocenters. The first-order valence-corrected chi connectivity index (χ1v) is 8.40. The molecule has 0 unspecified atom stereocenters. The van der Waals surface area contributed by atoms with Gasteiger partial charge in [-0.05, 0) is 17.3 Å². The molecule has 0 aromatic heterocycles. The molecule has 21 heavy (non-hydrogen) atoms. The van der Waals surface area contributed by atoms with Gasteiger partial charge in [-0.1, -0.05) is 87.0 Å². The summed E-state index contributed by atoms with van der Waals surface area (Å²) in [5.74, 6) is -0.490. The topological polar surface area (TPSA) is 46.5 Å². The summed E-state index contributed by atoms with van der Waals surface area (Å²) in [7, 11) is 0. The number of carbonyl (C=O) groups is 1. The average molecular weight is 300 g/mol. The Labute approximate surface area is 131 Å². The summed E-state index contributed by atoms with van der Waals surface area (Å²) >= 11 is 0. The third-order valence-corrected chi connectivity index (χ3v) is 4.90. The van der Waals surface area contributed by atoms with Gasteiger partial charge in [0.25, 0.3) is 0 Å². The first kappa shape index (κ1) is 20.4. The largest absolute Gasteiger partial charge is 0.349 e. The van der Waals surface area contributed by atoms with Crippen LogP contribution in [0.4, 0.5) is 0 Å². The second kappa shape index (κ2) is 8.17. The number of hydrogen-bond acceptors (Lipinski definition) is 3. The molecule has 0 radical (unpaired) electrons. The predicted molar refractivity (Wildman–Crippen MR) is 88.1 cm³/mol. The summed E-state index contributed by atoms with van der Waals surface area (Å²) in [4.78, 5) is 16.6. The van der Waals surface area contributed by atoms with Crippen LogP contribution in [-0.4, -0.2) is 11.2 Å². The first-order valence-electron chi connectivity index (χ1n) is 8.40. The van der Waals surface area contributed by atoms with E-state index in [0.717, 1.165) is 19.3 Å². The Bertz CT molecular complexity index is 293. The highest BCUT2D eigenvalue weighted by molar-refractivity contribution is 5.78. The normalized spacial score (nSPS) is 13.3. The fraction of sp³-hybridized carbons (Fsp3) is 0.944. The summed E-state index contributed by atoms with van der Waals surface area (Å²) in [5.41, 5.74) is -1.22. The summed E-state index contributed by atoms with van der Waals surface area (Å²) in [6.07, 6.45) is 7.88. The Balaban J connectivity index is 5.02. The Hall–Kier alpha value is -0.570. The molecule has 0 rings (SSSR count). The third kappa shape index (κ3) is 4.98. The highest BCUT2D eigenvalue weighted by Crippen LogP contribution is 2.55. The van der Waals surface area contributed by atoms with Gasteiger partial charge in [0.05, 0.1) is 5.41 Å². The van der Waals surface area contributed by atoms with Gasteiger partial charge in [-0.25, -0.2) is 4.79 Å². The summed E-state index contributed by atoms with van der Waals surface area (Å²) in [6.45, 7) is 14.6. The van der Waals surface area contributed by atoms with Gasteiger partial charge in [0.2, 0.25) is 0 Å². The van der Waals surface area contributed by atoms with Crippen molar-refractivity contribution in [3.8, 4) is 0 Å². The molecule has 0 aromatic rings. The van der Waals surface area contributed by atoms with Crippen molar-refractivity contribution in [2.24, 2.45) is 16.2 Å². The zero-order chi connectivity index (χ0) is 16.7. The van der Waals surface area contributed by atoms with Crippen molar-refractivity contribution in [3.63, 3.8) is 0 Å². The van der Waals surface area contributed by atoms with Gasteiger partial charge < -0.3 is 4.89 Å². The molecule has 0 heterocycles. The lowest BCUT2D eigenvalue weighted by molar-refractivity contribution is -0.260. The molecule has 126 valence electrons. The van der Waals surface area contributed by atoms with Crippen LogP contribution in [0.5, 0.6) is 0 Å².